The second-order valence-corrected chi connectivity index (χ2v) is 6.04. The number of allylic oxidation sites excluding steroid dienone is 2. The maximum atomic E-state index is 12.5. The zero-order valence-electron chi connectivity index (χ0n) is 10.2. The highest BCUT2D eigenvalue weighted by molar-refractivity contribution is 7.89. The van der Waals surface area contributed by atoms with Gasteiger partial charge in [0.05, 0.1) is 10.8 Å². The normalized spacial score (nSPS) is 18.6. The molecule has 2 heteroatoms. The van der Waals surface area contributed by atoms with E-state index in [4.69, 9.17) is 0 Å². The zero-order valence-corrected chi connectivity index (χ0v) is 11.0. The van der Waals surface area contributed by atoms with Crippen LogP contribution in [0.3, 0.4) is 0 Å². The number of benzene rings is 2. The van der Waals surface area contributed by atoms with Crippen LogP contribution in [-0.2, 0) is 17.2 Å². The van der Waals surface area contributed by atoms with Gasteiger partial charge in [0.25, 0.3) is 0 Å². The molecule has 0 aromatic heterocycles. The molecule has 1 unspecified atom stereocenters. The van der Waals surface area contributed by atoms with Gasteiger partial charge in [-0.15, -0.1) is 0 Å². The molecule has 1 aliphatic heterocycles. The summed E-state index contributed by atoms with van der Waals surface area (Å²) in [5.74, 6) is 0. The number of fused-ring (bicyclic) bond motifs is 1. The first-order chi connectivity index (χ1) is 8.77. The first kappa shape index (κ1) is 11.4. The van der Waals surface area contributed by atoms with Crippen molar-refractivity contribution < 1.29 is 4.21 Å². The highest BCUT2D eigenvalue weighted by atomic mass is 32.2. The van der Waals surface area contributed by atoms with Crippen molar-refractivity contribution >= 4 is 16.4 Å². The third-order valence-electron chi connectivity index (χ3n) is 3.36. The topological polar surface area (TPSA) is 17.1 Å². The Balaban J connectivity index is 2.14. The lowest BCUT2D eigenvalue weighted by molar-refractivity contribution is 0.685. The lowest BCUT2D eigenvalue weighted by atomic mass is 9.97. The molecule has 1 aliphatic rings. The van der Waals surface area contributed by atoms with Gasteiger partial charge in [-0.3, -0.25) is 0 Å². The monoisotopic (exact) mass is 254 g/mol. The molecule has 18 heavy (non-hydrogen) atoms. The smallest absolute Gasteiger partial charge is 0.0811 e. The molecule has 0 amide bonds. The van der Waals surface area contributed by atoms with Crippen molar-refractivity contribution in [1.29, 1.82) is 0 Å². The van der Waals surface area contributed by atoms with E-state index < -0.39 is 10.8 Å². The number of rotatable bonds is 1. The first-order valence-corrected chi connectivity index (χ1v) is 7.17. The maximum absolute atomic E-state index is 12.5. The van der Waals surface area contributed by atoms with E-state index in [0.717, 1.165) is 16.2 Å². The minimum absolute atomic E-state index is 0.873. The van der Waals surface area contributed by atoms with Gasteiger partial charge in [-0.25, -0.2) is 4.21 Å². The highest BCUT2D eigenvalue weighted by Gasteiger charge is 2.22. The van der Waals surface area contributed by atoms with Crippen molar-refractivity contribution in [3.63, 3.8) is 0 Å². The van der Waals surface area contributed by atoms with E-state index in [9.17, 15) is 4.21 Å². The van der Waals surface area contributed by atoms with Crippen LogP contribution in [0.2, 0.25) is 0 Å². The Labute approximate surface area is 110 Å². The minimum Gasteiger partial charge on any atom is -0.249 e. The van der Waals surface area contributed by atoms with Gasteiger partial charge in [0, 0.05) is 16.2 Å². The second kappa shape index (κ2) is 4.54. The van der Waals surface area contributed by atoms with Crippen LogP contribution in [0, 0.1) is 0 Å². The quantitative estimate of drug-likeness (QED) is 0.757. The molecular weight excluding hydrogens is 240 g/mol. The molecule has 90 valence electrons. The van der Waals surface area contributed by atoms with Crippen LogP contribution in [0.4, 0.5) is 0 Å². The van der Waals surface area contributed by atoms with Crippen LogP contribution in [0.25, 0.3) is 5.57 Å². The Morgan fingerprint density at radius 2 is 1.61 bits per heavy atom. The van der Waals surface area contributed by atoms with Crippen molar-refractivity contribution in [2.75, 3.05) is 0 Å². The van der Waals surface area contributed by atoms with Gasteiger partial charge in [0.1, 0.15) is 0 Å². The Bertz CT molecular complexity index is 641. The summed E-state index contributed by atoms with van der Waals surface area (Å²) in [5, 5.41) is 0. The number of hydrogen-bond donors (Lipinski definition) is 0. The average Bonchev–Trinajstić information content (AvgIpc) is 2.44. The molecule has 0 bridgehead atoms. The summed E-state index contributed by atoms with van der Waals surface area (Å²) in [4.78, 5) is 1.95. The van der Waals surface area contributed by atoms with Crippen LogP contribution < -0.4 is 0 Å². The van der Waals surface area contributed by atoms with Crippen LogP contribution in [-0.4, -0.2) is 4.21 Å². The van der Waals surface area contributed by atoms with E-state index in [2.05, 4.69) is 18.2 Å². The fraction of sp³-hybridized carbons (Fsp3) is 0.125. The molecule has 3 rings (SSSR count). The fourth-order valence-corrected chi connectivity index (χ4v) is 3.69. The Morgan fingerprint density at radius 3 is 2.39 bits per heavy atom. The van der Waals surface area contributed by atoms with E-state index in [-0.39, 0.29) is 0 Å². The SMILES string of the molecule is CC1=C(c2ccccc2)Cc2ccccc2S1=O. The van der Waals surface area contributed by atoms with Crippen LogP contribution in [0.1, 0.15) is 18.1 Å². The standard InChI is InChI=1S/C16H14OS/c1-12-15(13-7-3-2-4-8-13)11-14-9-5-6-10-16(14)18(12)17/h2-10H,11H2,1H3. The van der Waals surface area contributed by atoms with Gasteiger partial charge >= 0.3 is 0 Å². The Kier molecular flexibility index (Phi) is 2.88. The predicted molar refractivity (Wildman–Crippen MR) is 75.6 cm³/mol. The summed E-state index contributed by atoms with van der Waals surface area (Å²) < 4.78 is 12.5. The molecule has 0 saturated carbocycles. The lowest BCUT2D eigenvalue weighted by Gasteiger charge is -2.20. The Hall–Kier alpha value is -1.67. The largest absolute Gasteiger partial charge is 0.249 e. The van der Waals surface area contributed by atoms with E-state index in [1.54, 1.807) is 0 Å². The summed E-state index contributed by atoms with van der Waals surface area (Å²) in [7, 11) is -1.01. The van der Waals surface area contributed by atoms with E-state index in [1.165, 1.54) is 16.7 Å². The molecule has 1 atom stereocenters. The fourth-order valence-electron chi connectivity index (χ4n) is 2.37. The van der Waals surface area contributed by atoms with Gasteiger partial charge in [-0.1, -0.05) is 48.5 Å². The van der Waals surface area contributed by atoms with Crippen LogP contribution >= 0.6 is 0 Å². The van der Waals surface area contributed by atoms with Gasteiger partial charge in [0.15, 0.2) is 0 Å². The van der Waals surface area contributed by atoms with E-state index >= 15 is 0 Å². The molecule has 0 fully saturated rings. The predicted octanol–water partition coefficient (Wildman–Crippen LogP) is 3.78. The van der Waals surface area contributed by atoms with Gasteiger partial charge in [-0.2, -0.15) is 0 Å². The minimum atomic E-state index is -1.01. The summed E-state index contributed by atoms with van der Waals surface area (Å²) in [6.45, 7) is 1.98. The van der Waals surface area contributed by atoms with Crippen LogP contribution in [0.15, 0.2) is 64.4 Å². The van der Waals surface area contributed by atoms with E-state index in [0.29, 0.717) is 0 Å². The molecule has 1 nitrogen and oxygen atoms in total. The molecule has 0 spiro atoms. The molecule has 0 radical (unpaired) electrons. The second-order valence-electron chi connectivity index (χ2n) is 4.45. The Morgan fingerprint density at radius 1 is 0.944 bits per heavy atom. The summed E-state index contributed by atoms with van der Waals surface area (Å²) in [6.07, 6.45) is 0.873. The van der Waals surface area contributed by atoms with Crippen molar-refractivity contribution in [3.8, 4) is 0 Å². The van der Waals surface area contributed by atoms with Gasteiger partial charge in [0.2, 0.25) is 0 Å². The molecule has 0 saturated heterocycles. The number of hydrogen-bond acceptors (Lipinski definition) is 1. The van der Waals surface area contributed by atoms with Crippen molar-refractivity contribution in [2.45, 2.75) is 18.2 Å². The van der Waals surface area contributed by atoms with Crippen molar-refractivity contribution in [1.82, 2.24) is 0 Å². The third kappa shape index (κ3) is 1.83. The molecule has 1 heterocycles. The first-order valence-electron chi connectivity index (χ1n) is 6.02. The third-order valence-corrected chi connectivity index (χ3v) is 4.97. The molecule has 0 N–H and O–H groups in total. The zero-order chi connectivity index (χ0) is 12.5. The average molecular weight is 254 g/mol. The van der Waals surface area contributed by atoms with E-state index in [1.807, 2.05) is 43.3 Å². The summed E-state index contributed by atoms with van der Waals surface area (Å²) >= 11 is 0. The van der Waals surface area contributed by atoms with Gasteiger partial charge < -0.3 is 0 Å². The molecule has 2 aromatic carbocycles. The summed E-state index contributed by atoms with van der Waals surface area (Å²) in [5.41, 5.74) is 3.56. The van der Waals surface area contributed by atoms with Crippen molar-refractivity contribution in [2.24, 2.45) is 0 Å². The molecule has 2 aromatic rings. The molecule has 0 aliphatic carbocycles. The maximum Gasteiger partial charge on any atom is 0.0811 e. The van der Waals surface area contributed by atoms with Crippen molar-refractivity contribution in [3.05, 3.63) is 70.6 Å². The van der Waals surface area contributed by atoms with Crippen LogP contribution in [0.5, 0.6) is 0 Å². The summed E-state index contributed by atoms with van der Waals surface area (Å²) in [6, 6.07) is 18.2. The van der Waals surface area contributed by atoms with Gasteiger partial charge in [-0.05, 0) is 29.7 Å². The molecular formula is C16H14OS. The lowest BCUT2D eigenvalue weighted by Crippen LogP contribution is -2.09. The highest BCUT2D eigenvalue weighted by Crippen LogP contribution is 2.34.